The molecule has 6 heteroatoms. The highest BCUT2D eigenvalue weighted by atomic mass is 19.4. The molecule has 29 heavy (non-hydrogen) atoms. The lowest BCUT2D eigenvalue weighted by Crippen LogP contribution is -2.23. The number of anilines is 1. The molecule has 0 aromatic heterocycles. The Morgan fingerprint density at radius 3 is 2.48 bits per heavy atom. The van der Waals surface area contributed by atoms with Crippen molar-refractivity contribution in [2.24, 2.45) is 0 Å². The molecule has 1 aliphatic heterocycles. The Hall–Kier alpha value is -3.12. The summed E-state index contributed by atoms with van der Waals surface area (Å²) in [6, 6.07) is 17.8. The van der Waals surface area contributed by atoms with Gasteiger partial charge in [0.1, 0.15) is 0 Å². The first-order valence-corrected chi connectivity index (χ1v) is 9.32. The second kappa shape index (κ2) is 7.72. The van der Waals surface area contributed by atoms with Gasteiger partial charge in [0.2, 0.25) is 0 Å². The van der Waals surface area contributed by atoms with E-state index in [2.05, 4.69) is 10.6 Å². The van der Waals surface area contributed by atoms with E-state index in [1.54, 1.807) is 30.3 Å². The van der Waals surface area contributed by atoms with Crippen molar-refractivity contribution < 1.29 is 18.0 Å². The molecule has 0 unspecified atom stereocenters. The van der Waals surface area contributed by atoms with E-state index in [-0.39, 0.29) is 5.56 Å². The monoisotopic (exact) mass is 396 g/mol. The van der Waals surface area contributed by atoms with E-state index in [0.29, 0.717) is 16.8 Å². The number of carbonyl (C=O) groups excluding carboxylic acids is 1. The van der Waals surface area contributed by atoms with E-state index in [9.17, 15) is 18.0 Å². The largest absolute Gasteiger partial charge is 0.416 e. The Morgan fingerprint density at radius 2 is 1.72 bits per heavy atom. The van der Waals surface area contributed by atoms with Gasteiger partial charge in [0.05, 0.1) is 5.56 Å². The van der Waals surface area contributed by atoms with Gasteiger partial charge >= 0.3 is 6.18 Å². The van der Waals surface area contributed by atoms with Crippen LogP contribution in [0.2, 0.25) is 0 Å². The highest BCUT2D eigenvalue weighted by molar-refractivity contribution is 6.09. The van der Waals surface area contributed by atoms with Crippen molar-refractivity contribution in [3.63, 3.8) is 0 Å². The zero-order chi connectivity index (χ0) is 20.4. The number of carbonyl (C=O) groups is 1. The zero-order valence-electron chi connectivity index (χ0n) is 15.5. The van der Waals surface area contributed by atoms with Crippen LogP contribution in [0.25, 0.3) is 11.1 Å². The van der Waals surface area contributed by atoms with Gasteiger partial charge in [-0.05, 0) is 59.5 Å². The predicted molar refractivity (Wildman–Crippen MR) is 107 cm³/mol. The van der Waals surface area contributed by atoms with E-state index < -0.39 is 17.6 Å². The summed E-state index contributed by atoms with van der Waals surface area (Å²) in [6.45, 7) is 1.63. The maximum Gasteiger partial charge on any atom is 0.416 e. The van der Waals surface area contributed by atoms with Crippen LogP contribution >= 0.6 is 0 Å². The maximum atomic E-state index is 13.2. The fourth-order valence-electron chi connectivity index (χ4n) is 3.53. The third-order valence-corrected chi connectivity index (χ3v) is 5.03. The fourth-order valence-corrected chi connectivity index (χ4v) is 3.53. The normalized spacial score (nSPS) is 13.6. The molecular formula is C23H19F3N2O. The van der Waals surface area contributed by atoms with E-state index in [1.165, 1.54) is 11.6 Å². The number of rotatable bonds is 3. The second-order valence-corrected chi connectivity index (χ2v) is 6.99. The molecule has 4 rings (SSSR count). The number of amides is 1. The summed E-state index contributed by atoms with van der Waals surface area (Å²) in [7, 11) is 0. The Kier molecular flexibility index (Phi) is 5.11. The first-order valence-electron chi connectivity index (χ1n) is 9.32. The minimum Gasteiger partial charge on any atom is -0.322 e. The SMILES string of the molecule is O=C(Nc1ccc2c(c1)CCNC2)c1cc(C(F)(F)F)ccc1-c1ccccc1. The lowest BCUT2D eigenvalue weighted by Gasteiger charge is -2.18. The fraction of sp³-hybridized carbons (Fsp3) is 0.174. The Bertz CT molecular complexity index is 1050. The van der Waals surface area contributed by atoms with Crippen LogP contribution in [0.15, 0.2) is 66.7 Å². The van der Waals surface area contributed by atoms with Crippen LogP contribution in [0.3, 0.4) is 0 Å². The topological polar surface area (TPSA) is 41.1 Å². The molecule has 0 aliphatic carbocycles. The first-order chi connectivity index (χ1) is 13.9. The minimum atomic E-state index is -4.52. The molecule has 1 heterocycles. The Morgan fingerprint density at radius 1 is 0.931 bits per heavy atom. The number of hydrogen-bond acceptors (Lipinski definition) is 2. The molecule has 0 spiro atoms. The second-order valence-electron chi connectivity index (χ2n) is 6.99. The van der Waals surface area contributed by atoms with Crippen molar-refractivity contribution in [2.45, 2.75) is 19.1 Å². The Labute approximate surface area is 166 Å². The lowest BCUT2D eigenvalue weighted by atomic mass is 9.96. The van der Waals surface area contributed by atoms with Gasteiger partial charge in [-0.3, -0.25) is 4.79 Å². The average molecular weight is 396 g/mol. The van der Waals surface area contributed by atoms with Crippen molar-refractivity contribution >= 4 is 11.6 Å². The highest BCUT2D eigenvalue weighted by Crippen LogP contribution is 2.34. The molecule has 0 atom stereocenters. The van der Waals surface area contributed by atoms with Gasteiger partial charge in [-0.15, -0.1) is 0 Å². The number of halogens is 3. The van der Waals surface area contributed by atoms with Gasteiger partial charge in [-0.1, -0.05) is 42.5 Å². The van der Waals surface area contributed by atoms with Crippen LogP contribution in [-0.4, -0.2) is 12.5 Å². The Balaban J connectivity index is 1.71. The van der Waals surface area contributed by atoms with Crippen molar-refractivity contribution in [1.29, 1.82) is 0 Å². The molecule has 0 saturated carbocycles. The lowest BCUT2D eigenvalue weighted by molar-refractivity contribution is -0.137. The number of fused-ring (bicyclic) bond motifs is 1. The summed E-state index contributed by atoms with van der Waals surface area (Å²) in [5.74, 6) is -0.566. The number of hydrogen-bond donors (Lipinski definition) is 2. The molecule has 1 amide bonds. The van der Waals surface area contributed by atoms with E-state index in [0.717, 1.165) is 37.2 Å². The summed E-state index contributed by atoms with van der Waals surface area (Å²) in [5, 5.41) is 6.05. The van der Waals surface area contributed by atoms with Crippen LogP contribution in [0.5, 0.6) is 0 Å². The first kappa shape index (κ1) is 19.2. The molecule has 0 bridgehead atoms. The number of nitrogens with one attached hydrogen (secondary N) is 2. The third kappa shape index (κ3) is 4.17. The predicted octanol–water partition coefficient (Wildman–Crippen LogP) is 5.27. The van der Waals surface area contributed by atoms with Gasteiger partial charge in [-0.2, -0.15) is 13.2 Å². The van der Waals surface area contributed by atoms with Gasteiger partial charge < -0.3 is 10.6 Å². The minimum absolute atomic E-state index is 0.00888. The van der Waals surface area contributed by atoms with Crippen molar-refractivity contribution in [2.75, 3.05) is 11.9 Å². The summed E-state index contributed by atoms with van der Waals surface area (Å²) in [5.41, 5.74) is 3.16. The van der Waals surface area contributed by atoms with E-state index in [4.69, 9.17) is 0 Å². The molecule has 148 valence electrons. The quantitative estimate of drug-likeness (QED) is 0.633. The molecule has 0 saturated heterocycles. The van der Waals surface area contributed by atoms with E-state index in [1.807, 2.05) is 18.2 Å². The van der Waals surface area contributed by atoms with Crippen molar-refractivity contribution in [1.82, 2.24) is 5.32 Å². The zero-order valence-corrected chi connectivity index (χ0v) is 15.5. The van der Waals surface area contributed by atoms with Crippen LogP contribution < -0.4 is 10.6 Å². The van der Waals surface area contributed by atoms with Crippen LogP contribution in [-0.2, 0) is 19.1 Å². The summed E-state index contributed by atoms with van der Waals surface area (Å²) in [6.07, 6.45) is -3.68. The summed E-state index contributed by atoms with van der Waals surface area (Å²) >= 11 is 0. The molecule has 1 aliphatic rings. The van der Waals surface area contributed by atoms with Gasteiger partial charge in [-0.25, -0.2) is 0 Å². The highest BCUT2D eigenvalue weighted by Gasteiger charge is 2.32. The third-order valence-electron chi connectivity index (χ3n) is 5.03. The van der Waals surface area contributed by atoms with Crippen LogP contribution in [0.1, 0.15) is 27.0 Å². The van der Waals surface area contributed by atoms with E-state index >= 15 is 0 Å². The molecule has 3 nitrogen and oxygen atoms in total. The van der Waals surface area contributed by atoms with Crippen molar-refractivity contribution in [3.05, 3.63) is 89.0 Å². The van der Waals surface area contributed by atoms with Crippen molar-refractivity contribution in [3.8, 4) is 11.1 Å². The summed E-state index contributed by atoms with van der Waals surface area (Å²) in [4.78, 5) is 13.0. The molecule has 3 aromatic rings. The maximum absolute atomic E-state index is 13.2. The average Bonchev–Trinajstić information content (AvgIpc) is 2.73. The van der Waals surface area contributed by atoms with Gasteiger partial charge in [0, 0.05) is 17.8 Å². The number of benzene rings is 3. The molecule has 0 fully saturated rings. The van der Waals surface area contributed by atoms with Gasteiger partial charge in [0.25, 0.3) is 5.91 Å². The molecule has 0 radical (unpaired) electrons. The molecule has 2 N–H and O–H groups in total. The smallest absolute Gasteiger partial charge is 0.322 e. The molecule has 3 aromatic carbocycles. The van der Waals surface area contributed by atoms with Gasteiger partial charge in [0.15, 0.2) is 0 Å². The number of alkyl halides is 3. The van der Waals surface area contributed by atoms with Crippen LogP contribution in [0, 0.1) is 0 Å². The summed E-state index contributed by atoms with van der Waals surface area (Å²) < 4.78 is 39.7. The van der Waals surface area contributed by atoms with Crippen LogP contribution in [0.4, 0.5) is 18.9 Å². The molecular weight excluding hydrogens is 377 g/mol. The standard InChI is InChI=1S/C23H19F3N2O/c24-23(25,26)18-7-9-20(15-4-2-1-3-5-15)21(13-18)22(29)28-19-8-6-17-14-27-11-10-16(17)12-19/h1-9,12-13,27H,10-11,14H2,(H,28,29).